The molecule has 1 saturated carbocycles. The highest BCUT2D eigenvalue weighted by Crippen LogP contribution is 2.46. The van der Waals surface area contributed by atoms with E-state index in [0.717, 1.165) is 5.82 Å². The average Bonchev–Trinajstić information content (AvgIpc) is 2.45. The first kappa shape index (κ1) is 6.09. The highest BCUT2D eigenvalue weighted by molar-refractivity contribution is 7.09. The molecular formula is C6H9N3S. The van der Waals surface area contributed by atoms with Gasteiger partial charge in [-0.2, -0.15) is 4.37 Å². The van der Waals surface area contributed by atoms with Crippen LogP contribution in [0.15, 0.2) is 0 Å². The third-order valence-electron chi connectivity index (χ3n) is 1.98. The van der Waals surface area contributed by atoms with Crippen LogP contribution in [0, 0.1) is 0 Å². The third-order valence-corrected chi connectivity index (χ3v) is 2.52. The normalized spacial score (nSPS) is 20.9. The van der Waals surface area contributed by atoms with E-state index in [-0.39, 0.29) is 5.41 Å². The number of hydrogen-bond donors (Lipinski definition) is 1. The lowest BCUT2D eigenvalue weighted by Gasteiger charge is -1.97. The minimum atomic E-state index is 0.272. The largest absolute Gasteiger partial charge is 0.374 e. The summed E-state index contributed by atoms with van der Waals surface area (Å²) in [7, 11) is 0. The maximum Gasteiger partial charge on any atom is 0.199 e. The van der Waals surface area contributed by atoms with Gasteiger partial charge in [0.25, 0.3) is 0 Å². The quantitative estimate of drug-likeness (QED) is 0.662. The Kier molecular flexibility index (Phi) is 1.03. The van der Waals surface area contributed by atoms with Crippen molar-refractivity contribution in [3.05, 3.63) is 5.82 Å². The average molecular weight is 155 g/mol. The van der Waals surface area contributed by atoms with Crippen molar-refractivity contribution in [3.8, 4) is 0 Å². The SMILES string of the molecule is CC1(c2nsc(N)n2)CC1. The molecule has 0 aromatic carbocycles. The first-order valence-corrected chi connectivity index (χ1v) is 4.08. The van der Waals surface area contributed by atoms with Crippen LogP contribution < -0.4 is 5.73 Å². The van der Waals surface area contributed by atoms with Crippen LogP contribution >= 0.6 is 11.5 Å². The summed E-state index contributed by atoms with van der Waals surface area (Å²) in [6.07, 6.45) is 2.42. The minimum Gasteiger partial charge on any atom is -0.374 e. The van der Waals surface area contributed by atoms with Gasteiger partial charge < -0.3 is 5.73 Å². The van der Waals surface area contributed by atoms with E-state index in [0.29, 0.717) is 5.13 Å². The van der Waals surface area contributed by atoms with Crippen LogP contribution in [-0.4, -0.2) is 9.36 Å². The number of nitrogens with zero attached hydrogens (tertiary/aromatic N) is 2. The Morgan fingerprint density at radius 1 is 1.60 bits per heavy atom. The summed E-state index contributed by atoms with van der Waals surface area (Å²) < 4.78 is 4.16. The molecule has 0 saturated heterocycles. The summed E-state index contributed by atoms with van der Waals surface area (Å²) in [6.45, 7) is 2.18. The van der Waals surface area contributed by atoms with Gasteiger partial charge in [0.1, 0.15) is 0 Å². The van der Waals surface area contributed by atoms with Gasteiger partial charge in [0, 0.05) is 16.9 Å². The fraction of sp³-hybridized carbons (Fsp3) is 0.667. The lowest BCUT2D eigenvalue weighted by molar-refractivity contribution is 0.729. The summed E-state index contributed by atoms with van der Waals surface area (Å²) in [4.78, 5) is 4.13. The van der Waals surface area contributed by atoms with Crippen molar-refractivity contribution >= 4 is 16.7 Å². The van der Waals surface area contributed by atoms with Gasteiger partial charge in [-0.3, -0.25) is 0 Å². The van der Waals surface area contributed by atoms with Gasteiger partial charge in [-0.1, -0.05) is 6.92 Å². The van der Waals surface area contributed by atoms with E-state index in [1.54, 1.807) is 0 Å². The standard InChI is InChI=1S/C6H9N3S/c1-6(2-3-6)4-8-5(7)10-9-4/h2-3H2,1H3,(H2,7,8,9). The Bertz CT molecular complexity index is 251. The molecule has 1 heterocycles. The molecular weight excluding hydrogens is 146 g/mol. The molecule has 0 aliphatic heterocycles. The van der Waals surface area contributed by atoms with Crippen LogP contribution in [0.25, 0.3) is 0 Å². The molecule has 1 fully saturated rings. The van der Waals surface area contributed by atoms with Crippen molar-refractivity contribution < 1.29 is 0 Å². The molecule has 0 amide bonds. The monoisotopic (exact) mass is 155 g/mol. The van der Waals surface area contributed by atoms with E-state index in [2.05, 4.69) is 16.3 Å². The van der Waals surface area contributed by atoms with Crippen molar-refractivity contribution in [2.75, 3.05) is 5.73 Å². The van der Waals surface area contributed by atoms with Gasteiger partial charge in [0.2, 0.25) is 0 Å². The summed E-state index contributed by atoms with van der Waals surface area (Å²) in [5, 5.41) is 0.586. The Morgan fingerprint density at radius 3 is 2.70 bits per heavy atom. The highest BCUT2D eigenvalue weighted by Gasteiger charge is 2.42. The lowest BCUT2D eigenvalue weighted by Crippen LogP contribution is -2.02. The summed E-state index contributed by atoms with van der Waals surface area (Å²) >= 11 is 1.29. The number of nitrogens with two attached hydrogens (primary N) is 1. The summed E-state index contributed by atoms with van der Waals surface area (Å²) in [5.74, 6) is 0.940. The lowest BCUT2D eigenvalue weighted by atomic mass is 10.1. The van der Waals surface area contributed by atoms with Crippen LogP contribution in [0.2, 0.25) is 0 Å². The second-order valence-electron chi connectivity index (χ2n) is 3.02. The van der Waals surface area contributed by atoms with E-state index in [1.165, 1.54) is 24.4 Å². The second-order valence-corrected chi connectivity index (χ2v) is 3.80. The molecule has 1 aliphatic carbocycles. The Hall–Kier alpha value is -0.640. The molecule has 10 heavy (non-hydrogen) atoms. The molecule has 1 aliphatic rings. The van der Waals surface area contributed by atoms with Crippen LogP contribution in [0.4, 0.5) is 5.13 Å². The van der Waals surface area contributed by atoms with Gasteiger partial charge in [0.05, 0.1) is 0 Å². The zero-order valence-corrected chi connectivity index (χ0v) is 6.61. The smallest absolute Gasteiger partial charge is 0.199 e. The first-order chi connectivity index (χ1) is 4.71. The highest BCUT2D eigenvalue weighted by atomic mass is 32.1. The minimum absolute atomic E-state index is 0.272. The zero-order valence-electron chi connectivity index (χ0n) is 5.79. The first-order valence-electron chi connectivity index (χ1n) is 3.30. The molecule has 2 N–H and O–H groups in total. The molecule has 54 valence electrons. The summed E-state index contributed by atoms with van der Waals surface area (Å²) in [5.41, 5.74) is 5.72. The van der Waals surface area contributed by atoms with Crippen molar-refractivity contribution in [3.63, 3.8) is 0 Å². The fourth-order valence-corrected chi connectivity index (χ4v) is 1.46. The van der Waals surface area contributed by atoms with Crippen LogP contribution in [0.1, 0.15) is 25.6 Å². The molecule has 1 aromatic heterocycles. The third kappa shape index (κ3) is 0.794. The van der Waals surface area contributed by atoms with Crippen molar-refractivity contribution in [2.45, 2.75) is 25.2 Å². The van der Waals surface area contributed by atoms with Crippen molar-refractivity contribution in [1.82, 2.24) is 9.36 Å². The summed E-state index contributed by atoms with van der Waals surface area (Å²) in [6, 6.07) is 0. The van der Waals surface area contributed by atoms with E-state index in [4.69, 9.17) is 5.73 Å². The van der Waals surface area contributed by atoms with Crippen LogP contribution in [0.5, 0.6) is 0 Å². The molecule has 4 heteroatoms. The molecule has 0 bridgehead atoms. The van der Waals surface area contributed by atoms with Crippen molar-refractivity contribution in [1.29, 1.82) is 0 Å². The molecule has 0 atom stereocenters. The Morgan fingerprint density at radius 2 is 2.30 bits per heavy atom. The van der Waals surface area contributed by atoms with E-state index in [1.807, 2.05) is 0 Å². The molecule has 0 unspecified atom stereocenters. The zero-order chi connectivity index (χ0) is 7.19. The maximum absolute atomic E-state index is 5.45. The fourth-order valence-electron chi connectivity index (χ4n) is 0.891. The van der Waals surface area contributed by atoms with E-state index < -0.39 is 0 Å². The molecule has 0 radical (unpaired) electrons. The Labute approximate surface area is 63.4 Å². The van der Waals surface area contributed by atoms with E-state index in [9.17, 15) is 0 Å². The predicted octanol–water partition coefficient (Wildman–Crippen LogP) is 1.17. The van der Waals surface area contributed by atoms with Crippen LogP contribution in [0.3, 0.4) is 0 Å². The number of nitrogen functional groups attached to an aromatic ring is 1. The number of aromatic nitrogens is 2. The molecule has 2 rings (SSSR count). The topological polar surface area (TPSA) is 51.8 Å². The molecule has 1 aromatic rings. The van der Waals surface area contributed by atoms with Gasteiger partial charge in [0.15, 0.2) is 11.0 Å². The number of hydrogen-bond acceptors (Lipinski definition) is 4. The number of anilines is 1. The van der Waals surface area contributed by atoms with Gasteiger partial charge in [-0.15, -0.1) is 0 Å². The van der Waals surface area contributed by atoms with Gasteiger partial charge in [-0.05, 0) is 12.8 Å². The predicted molar refractivity (Wildman–Crippen MR) is 40.9 cm³/mol. The van der Waals surface area contributed by atoms with Crippen molar-refractivity contribution in [2.24, 2.45) is 0 Å². The van der Waals surface area contributed by atoms with Gasteiger partial charge >= 0.3 is 0 Å². The molecule has 0 spiro atoms. The van der Waals surface area contributed by atoms with E-state index >= 15 is 0 Å². The second kappa shape index (κ2) is 1.69. The molecule has 3 nitrogen and oxygen atoms in total. The van der Waals surface area contributed by atoms with Gasteiger partial charge in [-0.25, -0.2) is 4.98 Å². The number of rotatable bonds is 1. The maximum atomic E-state index is 5.45. The Balaban J connectivity index is 2.34. The van der Waals surface area contributed by atoms with Crippen LogP contribution in [-0.2, 0) is 5.41 Å².